The second kappa shape index (κ2) is 8.08. The number of rotatable bonds is 8. The van der Waals surface area contributed by atoms with E-state index in [-0.39, 0.29) is 6.61 Å². The number of nitrogens with one attached hydrogen (secondary N) is 1. The summed E-state index contributed by atoms with van der Waals surface area (Å²) in [6, 6.07) is 3.49. The van der Waals surface area contributed by atoms with E-state index < -0.39 is 5.60 Å². The van der Waals surface area contributed by atoms with Crippen molar-refractivity contribution in [3.8, 4) is 5.75 Å². The van der Waals surface area contributed by atoms with Gasteiger partial charge in [0.25, 0.3) is 0 Å². The standard InChI is InChI=1S/C15H23Cl2NO2/c1-4-15(19,5-2)10-20-14-11(9-18-6-3)7-12(16)8-13(14)17/h7-8,18-19H,4-6,9-10H2,1-3H3. The van der Waals surface area contributed by atoms with Crippen LogP contribution in [0, 0.1) is 0 Å². The minimum atomic E-state index is -0.821. The monoisotopic (exact) mass is 319 g/mol. The normalized spacial score (nSPS) is 11.7. The molecule has 20 heavy (non-hydrogen) atoms. The smallest absolute Gasteiger partial charge is 0.142 e. The zero-order valence-electron chi connectivity index (χ0n) is 12.3. The summed E-state index contributed by atoms with van der Waals surface area (Å²) in [6.07, 6.45) is 1.27. The number of aliphatic hydroxyl groups is 1. The molecule has 3 nitrogen and oxygen atoms in total. The molecule has 0 saturated carbocycles. The minimum Gasteiger partial charge on any atom is -0.489 e. The third kappa shape index (κ3) is 4.81. The van der Waals surface area contributed by atoms with Crippen LogP contribution in [0.5, 0.6) is 5.75 Å². The summed E-state index contributed by atoms with van der Waals surface area (Å²) in [4.78, 5) is 0. The Balaban J connectivity index is 2.92. The van der Waals surface area contributed by atoms with Crippen molar-refractivity contribution in [1.82, 2.24) is 5.32 Å². The van der Waals surface area contributed by atoms with Crippen LogP contribution in [0.1, 0.15) is 39.2 Å². The van der Waals surface area contributed by atoms with Crippen molar-refractivity contribution in [1.29, 1.82) is 0 Å². The van der Waals surface area contributed by atoms with Gasteiger partial charge in [0, 0.05) is 17.1 Å². The lowest BCUT2D eigenvalue weighted by Crippen LogP contribution is -2.34. The second-order valence-corrected chi connectivity index (χ2v) is 5.72. The lowest BCUT2D eigenvalue weighted by Gasteiger charge is -2.26. The molecule has 0 bridgehead atoms. The molecule has 0 heterocycles. The molecule has 0 aromatic heterocycles. The summed E-state index contributed by atoms with van der Waals surface area (Å²) in [5, 5.41) is 14.6. The van der Waals surface area contributed by atoms with E-state index in [1.807, 2.05) is 26.8 Å². The van der Waals surface area contributed by atoms with Gasteiger partial charge in [0.15, 0.2) is 0 Å². The second-order valence-electron chi connectivity index (χ2n) is 4.88. The SMILES string of the molecule is CCNCc1cc(Cl)cc(Cl)c1OCC(O)(CC)CC. The molecular formula is C15H23Cl2NO2. The summed E-state index contributed by atoms with van der Waals surface area (Å²) in [5.74, 6) is 0.595. The fourth-order valence-corrected chi connectivity index (χ4v) is 2.42. The molecule has 0 unspecified atom stereocenters. The molecule has 0 spiro atoms. The number of hydrogen-bond acceptors (Lipinski definition) is 3. The molecule has 1 rings (SSSR count). The summed E-state index contributed by atoms with van der Waals surface area (Å²) >= 11 is 12.2. The maximum atomic E-state index is 10.3. The van der Waals surface area contributed by atoms with E-state index in [0.29, 0.717) is 35.2 Å². The van der Waals surface area contributed by atoms with Gasteiger partial charge in [0.05, 0.1) is 10.6 Å². The highest BCUT2D eigenvalue weighted by molar-refractivity contribution is 6.35. The first kappa shape index (κ1) is 17.6. The Labute approximate surface area is 131 Å². The molecule has 2 N–H and O–H groups in total. The van der Waals surface area contributed by atoms with Crippen molar-refractivity contribution in [2.24, 2.45) is 0 Å². The van der Waals surface area contributed by atoms with Crippen molar-refractivity contribution in [3.63, 3.8) is 0 Å². The van der Waals surface area contributed by atoms with E-state index >= 15 is 0 Å². The molecule has 0 aliphatic carbocycles. The molecule has 0 fully saturated rings. The van der Waals surface area contributed by atoms with Crippen LogP contribution in [-0.4, -0.2) is 23.9 Å². The quantitative estimate of drug-likeness (QED) is 0.760. The summed E-state index contributed by atoms with van der Waals surface area (Å²) in [5.41, 5.74) is 0.0808. The summed E-state index contributed by atoms with van der Waals surface area (Å²) in [7, 11) is 0. The fraction of sp³-hybridized carbons (Fsp3) is 0.600. The first-order chi connectivity index (χ1) is 9.45. The van der Waals surface area contributed by atoms with E-state index in [4.69, 9.17) is 27.9 Å². The highest BCUT2D eigenvalue weighted by Crippen LogP contribution is 2.33. The molecule has 0 atom stereocenters. The van der Waals surface area contributed by atoms with Gasteiger partial charge >= 0.3 is 0 Å². The Morgan fingerprint density at radius 3 is 2.40 bits per heavy atom. The van der Waals surface area contributed by atoms with E-state index in [1.54, 1.807) is 6.07 Å². The zero-order chi connectivity index (χ0) is 15.2. The van der Waals surface area contributed by atoms with Gasteiger partial charge in [-0.3, -0.25) is 0 Å². The van der Waals surface area contributed by atoms with E-state index in [1.165, 1.54) is 0 Å². The molecule has 114 valence electrons. The average Bonchev–Trinajstić information content (AvgIpc) is 2.43. The van der Waals surface area contributed by atoms with Gasteiger partial charge in [-0.2, -0.15) is 0 Å². The van der Waals surface area contributed by atoms with Crippen molar-refractivity contribution in [2.45, 2.75) is 45.8 Å². The Hall–Kier alpha value is -0.480. The average molecular weight is 320 g/mol. The summed E-state index contributed by atoms with van der Waals surface area (Å²) < 4.78 is 5.79. The maximum absolute atomic E-state index is 10.3. The van der Waals surface area contributed by atoms with E-state index in [9.17, 15) is 5.11 Å². The molecular weight excluding hydrogens is 297 g/mol. The van der Waals surface area contributed by atoms with Crippen LogP contribution in [0.25, 0.3) is 0 Å². The van der Waals surface area contributed by atoms with Gasteiger partial charge < -0.3 is 15.2 Å². The highest BCUT2D eigenvalue weighted by Gasteiger charge is 2.24. The zero-order valence-corrected chi connectivity index (χ0v) is 13.8. The Morgan fingerprint density at radius 2 is 1.85 bits per heavy atom. The molecule has 1 aromatic carbocycles. The lowest BCUT2D eigenvalue weighted by molar-refractivity contribution is -0.0115. The highest BCUT2D eigenvalue weighted by atomic mass is 35.5. The topological polar surface area (TPSA) is 41.5 Å². The van der Waals surface area contributed by atoms with Crippen LogP contribution in [0.4, 0.5) is 0 Å². The molecule has 0 aliphatic rings. The van der Waals surface area contributed by atoms with Crippen LogP contribution >= 0.6 is 23.2 Å². The van der Waals surface area contributed by atoms with E-state index in [2.05, 4.69) is 5.32 Å². The Morgan fingerprint density at radius 1 is 1.20 bits per heavy atom. The van der Waals surface area contributed by atoms with Crippen molar-refractivity contribution in [2.75, 3.05) is 13.2 Å². The van der Waals surface area contributed by atoms with Gasteiger partial charge in [0.2, 0.25) is 0 Å². The van der Waals surface area contributed by atoms with Crippen LogP contribution in [0.15, 0.2) is 12.1 Å². The third-order valence-corrected chi connectivity index (χ3v) is 3.95. The number of hydrogen-bond donors (Lipinski definition) is 2. The van der Waals surface area contributed by atoms with Crippen molar-refractivity contribution >= 4 is 23.2 Å². The number of benzene rings is 1. The Kier molecular flexibility index (Phi) is 7.10. The van der Waals surface area contributed by atoms with Gasteiger partial charge in [-0.1, -0.05) is 44.0 Å². The molecule has 0 aliphatic heterocycles. The molecule has 0 saturated heterocycles. The van der Waals surface area contributed by atoms with Gasteiger partial charge in [0.1, 0.15) is 12.4 Å². The fourth-order valence-electron chi connectivity index (χ4n) is 1.83. The number of halogens is 2. The predicted molar refractivity (Wildman–Crippen MR) is 84.9 cm³/mol. The Bertz CT molecular complexity index is 434. The lowest BCUT2D eigenvalue weighted by atomic mass is 9.99. The van der Waals surface area contributed by atoms with Crippen molar-refractivity contribution in [3.05, 3.63) is 27.7 Å². The van der Waals surface area contributed by atoms with E-state index in [0.717, 1.165) is 12.1 Å². The first-order valence-corrected chi connectivity index (χ1v) is 7.75. The third-order valence-electron chi connectivity index (χ3n) is 3.45. The van der Waals surface area contributed by atoms with Crippen LogP contribution in [0.3, 0.4) is 0 Å². The number of ether oxygens (including phenoxy) is 1. The molecule has 5 heteroatoms. The van der Waals surface area contributed by atoms with Crippen molar-refractivity contribution < 1.29 is 9.84 Å². The maximum Gasteiger partial charge on any atom is 0.142 e. The van der Waals surface area contributed by atoms with Gasteiger partial charge in [-0.15, -0.1) is 0 Å². The first-order valence-electron chi connectivity index (χ1n) is 6.99. The predicted octanol–water partition coefficient (Wildman–Crippen LogP) is 4.03. The van der Waals surface area contributed by atoms with Gasteiger partial charge in [-0.25, -0.2) is 0 Å². The largest absolute Gasteiger partial charge is 0.489 e. The molecule has 1 aromatic rings. The van der Waals surface area contributed by atoms with Crippen LogP contribution < -0.4 is 10.1 Å². The van der Waals surface area contributed by atoms with Crippen LogP contribution in [-0.2, 0) is 6.54 Å². The van der Waals surface area contributed by atoms with Crippen LogP contribution in [0.2, 0.25) is 10.0 Å². The minimum absolute atomic E-state index is 0.223. The molecule has 0 amide bonds. The van der Waals surface area contributed by atoms with Gasteiger partial charge in [-0.05, 0) is 31.5 Å². The summed E-state index contributed by atoms with van der Waals surface area (Å²) in [6.45, 7) is 7.60. The molecule has 0 radical (unpaired) electrons.